The van der Waals surface area contributed by atoms with E-state index in [2.05, 4.69) is 25.1 Å². The summed E-state index contributed by atoms with van der Waals surface area (Å²) in [5.41, 5.74) is 1.35. The maximum atomic E-state index is 10.7. The van der Waals surface area contributed by atoms with E-state index in [-0.39, 0.29) is 0 Å². The third-order valence-electron chi connectivity index (χ3n) is 6.13. The van der Waals surface area contributed by atoms with Crippen molar-refractivity contribution in [2.45, 2.75) is 110 Å². The molecule has 3 nitrogen and oxygen atoms in total. The van der Waals surface area contributed by atoms with Gasteiger partial charge < -0.3 is 4.18 Å². The van der Waals surface area contributed by atoms with Gasteiger partial charge in [0.25, 0.3) is 11.0 Å². The van der Waals surface area contributed by atoms with E-state index in [4.69, 9.17) is 4.18 Å². The van der Waals surface area contributed by atoms with E-state index in [1.54, 1.807) is 12.1 Å². The van der Waals surface area contributed by atoms with Gasteiger partial charge in [-0.1, -0.05) is 121 Å². The highest BCUT2D eigenvalue weighted by Gasteiger charge is 2.01. The van der Waals surface area contributed by atoms with E-state index < -0.39 is 11.0 Å². The van der Waals surface area contributed by atoms with Gasteiger partial charge in [0.05, 0.1) is 0 Å². The smallest absolute Gasteiger partial charge is 0.299 e. The Kier molecular flexibility index (Phi) is 13.4. The number of fused-ring (bicyclic) bond motifs is 1. The van der Waals surface area contributed by atoms with E-state index in [1.807, 2.05) is 6.07 Å². The summed E-state index contributed by atoms with van der Waals surface area (Å²) in [5, 5.41) is 2.14. The van der Waals surface area contributed by atoms with Crippen LogP contribution in [0.3, 0.4) is 0 Å². The van der Waals surface area contributed by atoms with Crippen molar-refractivity contribution in [3.63, 3.8) is 0 Å². The van der Waals surface area contributed by atoms with Crippen LogP contribution in [0.1, 0.15) is 109 Å². The lowest BCUT2D eigenvalue weighted by Gasteiger charge is -2.06. The topological polar surface area (TPSA) is 43.4 Å². The number of aryl methyl sites for hydroxylation is 1. The lowest BCUT2D eigenvalue weighted by Crippen LogP contribution is -1.90. The molecule has 0 aliphatic rings. The van der Waals surface area contributed by atoms with E-state index in [0.717, 1.165) is 17.2 Å². The molecule has 0 atom stereocenters. The fraction of sp³-hybridized carbons (Fsp3) is 0.630. The zero-order valence-electron chi connectivity index (χ0n) is 19.4. The molecule has 0 bridgehead atoms. The van der Waals surface area contributed by atoms with Crippen LogP contribution in [0.15, 0.2) is 36.4 Å². The molecule has 0 saturated carbocycles. The molecule has 2 rings (SSSR count). The Hall–Kier alpha value is -1.55. The van der Waals surface area contributed by atoms with Crippen molar-refractivity contribution in [1.82, 2.24) is 0 Å². The van der Waals surface area contributed by atoms with Crippen LogP contribution >= 0.6 is 0 Å². The molecule has 0 amide bonds. The normalized spacial score (nSPS) is 11.4. The Labute approximate surface area is 191 Å². The minimum Gasteiger partial charge on any atom is -0.384 e. The molecule has 0 aromatic heterocycles. The molecular weight excluding hydrogens is 404 g/mol. The second kappa shape index (κ2) is 16.1. The molecule has 0 fully saturated rings. The number of benzene rings is 2. The van der Waals surface area contributed by atoms with Crippen LogP contribution in [0.5, 0.6) is 5.75 Å². The highest BCUT2D eigenvalue weighted by atomic mass is 32.2. The molecule has 31 heavy (non-hydrogen) atoms. The fourth-order valence-corrected chi connectivity index (χ4v) is 4.56. The fourth-order valence-electron chi connectivity index (χ4n) is 4.27. The van der Waals surface area contributed by atoms with Gasteiger partial charge in [0, 0.05) is 0 Å². The van der Waals surface area contributed by atoms with Crippen LogP contribution in [0.2, 0.25) is 0 Å². The summed E-state index contributed by atoms with van der Waals surface area (Å²) >= 11 is 0. The standard InChI is InChI=1S/C27H42O3S/c1-2-3-4-5-6-7-8-9-10-11-12-13-14-15-16-17-24-18-19-26-23-27(30-31(28)29)21-20-25(26)22-24/h18-23,31H,2-17H2,1H3. The van der Waals surface area contributed by atoms with Gasteiger partial charge in [-0.3, -0.25) is 0 Å². The number of unbranched alkanes of at least 4 members (excludes halogenated alkanes) is 14. The Bertz CT molecular complexity index is 805. The van der Waals surface area contributed by atoms with Crippen molar-refractivity contribution in [2.24, 2.45) is 0 Å². The molecule has 0 heterocycles. The molecule has 4 heteroatoms. The van der Waals surface area contributed by atoms with E-state index in [1.165, 1.54) is 102 Å². The molecule has 0 saturated heterocycles. The Morgan fingerprint density at radius 1 is 0.613 bits per heavy atom. The lowest BCUT2D eigenvalue weighted by atomic mass is 10.0. The van der Waals surface area contributed by atoms with E-state index in [9.17, 15) is 8.42 Å². The van der Waals surface area contributed by atoms with Gasteiger partial charge in [0.2, 0.25) is 0 Å². The molecule has 2 aromatic rings. The van der Waals surface area contributed by atoms with Crippen molar-refractivity contribution < 1.29 is 12.6 Å². The first kappa shape index (κ1) is 25.7. The van der Waals surface area contributed by atoms with Crippen LogP contribution in [-0.4, -0.2) is 8.42 Å². The molecule has 0 N–H and O–H groups in total. The average Bonchev–Trinajstić information content (AvgIpc) is 2.76. The molecule has 0 radical (unpaired) electrons. The maximum Gasteiger partial charge on any atom is 0.299 e. The van der Waals surface area contributed by atoms with Gasteiger partial charge in [0.1, 0.15) is 5.75 Å². The molecule has 2 aromatic carbocycles. The molecule has 0 aliphatic heterocycles. The Balaban J connectivity index is 1.48. The molecule has 0 aliphatic carbocycles. The first-order valence-electron chi connectivity index (χ1n) is 12.5. The molecule has 0 spiro atoms. The van der Waals surface area contributed by atoms with Crippen LogP contribution in [0.4, 0.5) is 0 Å². The average molecular weight is 447 g/mol. The predicted molar refractivity (Wildman–Crippen MR) is 134 cm³/mol. The van der Waals surface area contributed by atoms with Crippen LogP contribution in [0.25, 0.3) is 10.8 Å². The quantitative estimate of drug-likeness (QED) is 0.185. The van der Waals surface area contributed by atoms with Crippen molar-refractivity contribution in [2.75, 3.05) is 0 Å². The predicted octanol–water partition coefficient (Wildman–Crippen LogP) is 8.16. The summed E-state index contributed by atoms with van der Waals surface area (Å²) in [5.74, 6) is 0.374. The Morgan fingerprint density at radius 3 is 1.65 bits per heavy atom. The van der Waals surface area contributed by atoms with E-state index >= 15 is 0 Å². The summed E-state index contributed by atoms with van der Waals surface area (Å²) in [6, 6.07) is 11.8. The van der Waals surface area contributed by atoms with Crippen molar-refractivity contribution in [3.8, 4) is 5.75 Å². The van der Waals surface area contributed by atoms with Gasteiger partial charge in [0.15, 0.2) is 0 Å². The number of hydrogen-bond donors (Lipinski definition) is 1. The summed E-state index contributed by atoms with van der Waals surface area (Å²) < 4.78 is 26.2. The summed E-state index contributed by atoms with van der Waals surface area (Å²) in [6.45, 7) is 2.28. The second-order valence-electron chi connectivity index (χ2n) is 8.86. The largest absolute Gasteiger partial charge is 0.384 e. The van der Waals surface area contributed by atoms with Crippen molar-refractivity contribution in [1.29, 1.82) is 0 Å². The maximum absolute atomic E-state index is 10.7. The number of rotatable bonds is 18. The van der Waals surface area contributed by atoms with Crippen LogP contribution in [0, 0.1) is 0 Å². The molecule has 174 valence electrons. The highest BCUT2D eigenvalue weighted by molar-refractivity contribution is 7.67. The summed E-state index contributed by atoms with van der Waals surface area (Å²) in [4.78, 5) is 0. The minimum absolute atomic E-state index is 0.374. The number of thiol groups is 1. The zero-order valence-corrected chi connectivity index (χ0v) is 20.3. The van der Waals surface area contributed by atoms with Crippen LogP contribution < -0.4 is 4.18 Å². The van der Waals surface area contributed by atoms with Gasteiger partial charge in [-0.15, -0.1) is 0 Å². The SMILES string of the molecule is CCCCCCCCCCCCCCCCCc1ccc2cc(O[SH](=O)=O)ccc2c1. The first-order chi connectivity index (χ1) is 15.2. The zero-order chi connectivity index (χ0) is 22.2. The van der Waals surface area contributed by atoms with Crippen molar-refractivity contribution in [3.05, 3.63) is 42.0 Å². The summed E-state index contributed by atoms with van der Waals surface area (Å²) in [7, 11) is -2.86. The van der Waals surface area contributed by atoms with Gasteiger partial charge in [-0.2, -0.15) is 8.42 Å². The van der Waals surface area contributed by atoms with Gasteiger partial charge in [-0.25, -0.2) is 0 Å². The molecule has 0 unspecified atom stereocenters. The van der Waals surface area contributed by atoms with E-state index in [0.29, 0.717) is 5.75 Å². The van der Waals surface area contributed by atoms with Gasteiger partial charge in [-0.05, 0) is 41.3 Å². The monoisotopic (exact) mass is 446 g/mol. The summed E-state index contributed by atoms with van der Waals surface area (Å²) in [6.07, 6.45) is 22.0. The minimum atomic E-state index is -2.86. The molecular formula is C27H42O3S. The lowest BCUT2D eigenvalue weighted by molar-refractivity contribution is 0.511. The van der Waals surface area contributed by atoms with Gasteiger partial charge >= 0.3 is 0 Å². The first-order valence-corrected chi connectivity index (χ1v) is 13.6. The third-order valence-corrected chi connectivity index (χ3v) is 6.48. The number of hydrogen-bond acceptors (Lipinski definition) is 3. The second-order valence-corrected chi connectivity index (χ2v) is 9.49. The van der Waals surface area contributed by atoms with Crippen LogP contribution in [-0.2, 0) is 17.4 Å². The highest BCUT2D eigenvalue weighted by Crippen LogP contribution is 2.23. The van der Waals surface area contributed by atoms with Crippen molar-refractivity contribution >= 4 is 21.8 Å². The third kappa shape index (κ3) is 11.6. The Morgan fingerprint density at radius 2 is 1.10 bits per heavy atom.